The summed E-state index contributed by atoms with van der Waals surface area (Å²) in [6.07, 6.45) is 0.716. The molecule has 6 heteroatoms. The van der Waals surface area contributed by atoms with Crippen LogP contribution in [0, 0.1) is 6.92 Å². The van der Waals surface area contributed by atoms with E-state index in [1.807, 2.05) is 40.9 Å². The summed E-state index contributed by atoms with van der Waals surface area (Å²) in [6.45, 7) is 2.10. The first-order chi connectivity index (χ1) is 11.2. The van der Waals surface area contributed by atoms with Gasteiger partial charge in [0.2, 0.25) is 4.96 Å². The highest BCUT2D eigenvalue weighted by molar-refractivity contribution is 7.19. The Morgan fingerprint density at radius 1 is 1.09 bits per heavy atom. The van der Waals surface area contributed by atoms with E-state index in [9.17, 15) is 0 Å². The lowest BCUT2D eigenvalue weighted by Crippen LogP contribution is -1.99. The molecule has 4 aromatic rings. The fourth-order valence-corrected chi connectivity index (χ4v) is 3.39. The first kappa shape index (κ1) is 13.9. The number of nitrogen functional groups attached to an aromatic ring is 1. The molecule has 23 heavy (non-hydrogen) atoms. The lowest BCUT2D eigenvalue weighted by Gasteiger charge is -2.02. The summed E-state index contributed by atoms with van der Waals surface area (Å²) >= 11 is 1.52. The normalized spacial score (nSPS) is 11.2. The quantitative estimate of drug-likeness (QED) is 0.588. The second kappa shape index (κ2) is 5.48. The second-order valence-corrected chi connectivity index (χ2v) is 6.40. The molecule has 0 atom stereocenters. The van der Waals surface area contributed by atoms with Gasteiger partial charge in [-0.25, -0.2) is 0 Å². The van der Waals surface area contributed by atoms with Gasteiger partial charge in [0, 0.05) is 17.7 Å². The number of anilines is 1. The number of nitrogens with zero attached hydrogens (tertiary/aromatic N) is 4. The Morgan fingerprint density at radius 2 is 1.96 bits per heavy atom. The minimum Gasteiger partial charge on any atom is -0.399 e. The highest BCUT2D eigenvalue weighted by atomic mass is 32.1. The summed E-state index contributed by atoms with van der Waals surface area (Å²) < 4.78 is 1.83. The molecule has 114 valence electrons. The van der Waals surface area contributed by atoms with Crippen molar-refractivity contribution in [2.45, 2.75) is 13.3 Å². The Hall–Kier alpha value is -2.73. The summed E-state index contributed by atoms with van der Waals surface area (Å²) in [4.78, 5) is 0.797. The van der Waals surface area contributed by atoms with Crippen molar-refractivity contribution in [1.82, 2.24) is 19.8 Å². The van der Waals surface area contributed by atoms with E-state index in [-0.39, 0.29) is 0 Å². The van der Waals surface area contributed by atoms with Crippen LogP contribution in [0.2, 0.25) is 0 Å². The summed E-state index contributed by atoms with van der Waals surface area (Å²) in [5.74, 6) is 0.848. The van der Waals surface area contributed by atoms with Gasteiger partial charge < -0.3 is 5.73 Å². The molecule has 0 amide bonds. The van der Waals surface area contributed by atoms with Crippen LogP contribution < -0.4 is 5.73 Å². The number of hydrogen-bond donors (Lipinski definition) is 1. The average molecular weight is 321 g/mol. The van der Waals surface area contributed by atoms with Gasteiger partial charge in [0.25, 0.3) is 0 Å². The van der Waals surface area contributed by atoms with E-state index in [1.54, 1.807) is 0 Å². The van der Waals surface area contributed by atoms with Crippen LogP contribution in [-0.4, -0.2) is 19.8 Å². The van der Waals surface area contributed by atoms with Gasteiger partial charge in [-0.2, -0.15) is 9.61 Å². The van der Waals surface area contributed by atoms with E-state index in [4.69, 9.17) is 5.73 Å². The lowest BCUT2D eigenvalue weighted by atomic mass is 10.1. The molecular weight excluding hydrogens is 306 g/mol. The molecule has 0 aliphatic rings. The average Bonchev–Trinajstić information content (AvgIpc) is 3.11. The van der Waals surface area contributed by atoms with Crippen molar-refractivity contribution in [2.24, 2.45) is 0 Å². The third kappa shape index (κ3) is 2.57. The molecule has 2 heterocycles. The van der Waals surface area contributed by atoms with Crippen molar-refractivity contribution in [2.75, 3.05) is 5.73 Å². The van der Waals surface area contributed by atoms with E-state index in [2.05, 4.69) is 34.4 Å². The molecule has 5 nitrogen and oxygen atoms in total. The minimum absolute atomic E-state index is 0.716. The van der Waals surface area contributed by atoms with Crippen molar-refractivity contribution in [3.63, 3.8) is 0 Å². The Kier molecular flexibility index (Phi) is 3.31. The lowest BCUT2D eigenvalue weighted by molar-refractivity contribution is 0.851. The summed E-state index contributed by atoms with van der Waals surface area (Å²) in [7, 11) is 0. The number of aryl methyl sites for hydroxylation is 1. The molecule has 2 N–H and O–H groups in total. The maximum absolute atomic E-state index is 5.86. The van der Waals surface area contributed by atoms with Crippen molar-refractivity contribution in [1.29, 1.82) is 0 Å². The van der Waals surface area contributed by atoms with Gasteiger partial charge in [0.15, 0.2) is 5.82 Å². The number of hydrogen-bond acceptors (Lipinski definition) is 5. The van der Waals surface area contributed by atoms with E-state index in [0.717, 1.165) is 27.0 Å². The van der Waals surface area contributed by atoms with E-state index in [0.29, 0.717) is 6.42 Å². The first-order valence-corrected chi connectivity index (χ1v) is 8.14. The van der Waals surface area contributed by atoms with Crippen LogP contribution in [0.25, 0.3) is 15.5 Å². The molecule has 2 aromatic carbocycles. The van der Waals surface area contributed by atoms with Crippen molar-refractivity contribution >= 4 is 22.0 Å². The number of nitrogens with two attached hydrogens (primary N) is 1. The van der Waals surface area contributed by atoms with Crippen LogP contribution in [-0.2, 0) is 6.42 Å². The minimum atomic E-state index is 0.716. The van der Waals surface area contributed by atoms with Crippen molar-refractivity contribution in [3.05, 3.63) is 65.5 Å². The fourth-order valence-electron chi connectivity index (χ4n) is 2.53. The topological polar surface area (TPSA) is 69.1 Å². The van der Waals surface area contributed by atoms with Crippen molar-refractivity contribution < 1.29 is 0 Å². The van der Waals surface area contributed by atoms with E-state index >= 15 is 0 Å². The van der Waals surface area contributed by atoms with Crippen LogP contribution in [0.5, 0.6) is 0 Å². The molecule has 0 saturated carbocycles. The first-order valence-electron chi connectivity index (χ1n) is 7.32. The molecule has 4 rings (SSSR count). The van der Waals surface area contributed by atoms with Gasteiger partial charge in [0.05, 0.1) is 0 Å². The zero-order valence-electron chi connectivity index (χ0n) is 12.6. The zero-order chi connectivity index (χ0) is 15.8. The van der Waals surface area contributed by atoms with Gasteiger partial charge in [0.1, 0.15) is 5.01 Å². The SMILES string of the molecule is Cc1ccccc1Cc1nnc2sc(-c3cccc(N)c3)nn12. The molecule has 0 spiro atoms. The maximum Gasteiger partial charge on any atom is 0.234 e. The van der Waals surface area contributed by atoms with Gasteiger partial charge >= 0.3 is 0 Å². The van der Waals surface area contributed by atoms with Gasteiger partial charge in [-0.05, 0) is 30.2 Å². The Morgan fingerprint density at radius 3 is 2.78 bits per heavy atom. The Balaban J connectivity index is 1.74. The predicted octanol–water partition coefficient (Wildman–Crippen LogP) is 3.33. The molecule has 2 aromatic heterocycles. The Labute approximate surface area is 137 Å². The smallest absolute Gasteiger partial charge is 0.234 e. The highest BCUT2D eigenvalue weighted by Crippen LogP contribution is 2.27. The standard InChI is InChI=1S/C17H15N5S/c1-11-5-2-3-6-12(11)10-15-19-20-17-22(15)21-16(23-17)13-7-4-8-14(18)9-13/h2-9H,10,18H2,1H3. The molecule has 0 radical (unpaired) electrons. The largest absolute Gasteiger partial charge is 0.399 e. The van der Waals surface area contributed by atoms with Crippen LogP contribution >= 0.6 is 11.3 Å². The fraction of sp³-hybridized carbons (Fsp3) is 0.118. The molecule has 0 saturated heterocycles. The van der Waals surface area contributed by atoms with Crippen LogP contribution in [0.3, 0.4) is 0 Å². The van der Waals surface area contributed by atoms with Crippen LogP contribution in [0.4, 0.5) is 5.69 Å². The molecular formula is C17H15N5S. The molecule has 0 bridgehead atoms. The molecule has 0 aliphatic heterocycles. The molecule has 0 unspecified atom stereocenters. The summed E-state index contributed by atoms with van der Waals surface area (Å²) in [5.41, 5.74) is 10.1. The Bertz CT molecular complexity index is 985. The second-order valence-electron chi connectivity index (χ2n) is 5.45. The number of fused-ring (bicyclic) bond motifs is 1. The van der Waals surface area contributed by atoms with Crippen molar-refractivity contribution in [3.8, 4) is 10.6 Å². The van der Waals surface area contributed by atoms with E-state index in [1.165, 1.54) is 22.5 Å². The number of benzene rings is 2. The van der Waals surface area contributed by atoms with Gasteiger partial charge in [-0.3, -0.25) is 0 Å². The monoisotopic (exact) mass is 321 g/mol. The maximum atomic E-state index is 5.86. The third-order valence-corrected chi connectivity index (χ3v) is 4.75. The van der Waals surface area contributed by atoms with Crippen LogP contribution in [0.15, 0.2) is 48.5 Å². The number of rotatable bonds is 3. The van der Waals surface area contributed by atoms with Gasteiger partial charge in [-0.1, -0.05) is 47.7 Å². The zero-order valence-corrected chi connectivity index (χ0v) is 13.4. The highest BCUT2D eigenvalue weighted by Gasteiger charge is 2.14. The third-order valence-electron chi connectivity index (χ3n) is 3.80. The summed E-state index contributed by atoms with van der Waals surface area (Å²) in [6, 6.07) is 16.0. The molecule has 0 fully saturated rings. The molecule has 0 aliphatic carbocycles. The number of aromatic nitrogens is 4. The summed E-state index contributed by atoms with van der Waals surface area (Å²) in [5, 5.41) is 14.1. The van der Waals surface area contributed by atoms with E-state index < -0.39 is 0 Å². The van der Waals surface area contributed by atoms with Gasteiger partial charge in [-0.15, -0.1) is 10.2 Å². The van der Waals surface area contributed by atoms with Crippen LogP contribution in [0.1, 0.15) is 17.0 Å². The predicted molar refractivity (Wildman–Crippen MR) is 92.5 cm³/mol.